The Hall–Kier alpha value is -1.38. The van der Waals surface area contributed by atoms with Crippen LogP contribution in [-0.4, -0.2) is 69.1 Å². The van der Waals surface area contributed by atoms with Gasteiger partial charge >= 0.3 is 0 Å². The first-order valence-corrected chi connectivity index (χ1v) is 10.5. The number of nitrogens with zero attached hydrogens (tertiary/aromatic N) is 2. The number of fused-ring (bicyclic) bond motifs is 1. The van der Waals surface area contributed by atoms with Crippen LogP contribution in [0, 0.1) is 6.92 Å². The van der Waals surface area contributed by atoms with E-state index >= 15 is 0 Å². The van der Waals surface area contributed by atoms with Crippen LogP contribution in [0.2, 0.25) is 0 Å². The van der Waals surface area contributed by atoms with E-state index in [1.807, 2.05) is 6.92 Å². The molecule has 138 valence electrons. The molecule has 3 heterocycles. The molecule has 4 rings (SSSR count). The number of aromatic nitrogens is 1. The Labute approximate surface area is 148 Å². The summed E-state index contributed by atoms with van der Waals surface area (Å²) in [5.41, 5.74) is 0.394. The average molecular weight is 368 g/mol. The van der Waals surface area contributed by atoms with Crippen LogP contribution >= 0.6 is 0 Å². The van der Waals surface area contributed by atoms with Crippen LogP contribution in [0.25, 0.3) is 0 Å². The second-order valence-electron chi connectivity index (χ2n) is 7.07. The van der Waals surface area contributed by atoms with E-state index in [9.17, 15) is 8.42 Å². The van der Waals surface area contributed by atoms with Crippen molar-refractivity contribution in [2.75, 3.05) is 45.2 Å². The Kier molecular flexibility index (Phi) is 4.37. The first-order valence-electron chi connectivity index (χ1n) is 8.84. The van der Waals surface area contributed by atoms with Gasteiger partial charge in [0.15, 0.2) is 9.84 Å². The highest BCUT2D eigenvalue weighted by molar-refractivity contribution is 7.91. The fraction of sp³-hybridized carbons (Fsp3) is 0.706. The van der Waals surface area contributed by atoms with Crippen LogP contribution in [-0.2, 0) is 14.6 Å². The van der Waals surface area contributed by atoms with E-state index in [1.165, 1.54) is 0 Å². The third-order valence-electron chi connectivity index (χ3n) is 5.13. The van der Waals surface area contributed by atoms with Gasteiger partial charge < -0.3 is 14.2 Å². The normalized spacial score (nSPS) is 24.2. The zero-order valence-corrected chi connectivity index (χ0v) is 15.3. The molecule has 2 aliphatic heterocycles. The zero-order chi connectivity index (χ0) is 17.5. The molecule has 0 aromatic carbocycles. The lowest BCUT2D eigenvalue weighted by Crippen LogP contribution is -2.38. The monoisotopic (exact) mass is 368 g/mol. The quantitative estimate of drug-likeness (QED) is 0.790. The Morgan fingerprint density at radius 3 is 2.76 bits per heavy atom. The van der Waals surface area contributed by atoms with Gasteiger partial charge in [-0.15, -0.1) is 0 Å². The van der Waals surface area contributed by atoms with E-state index in [-0.39, 0.29) is 22.1 Å². The molecule has 0 atom stereocenters. The fourth-order valence-corrected chi connectivity index (χ4v) is 4.84. The summed E-state index contributed by atoms with van der Waals surface area (Å²) in [5, 5.41) is 0. The summed E-state index contributed by atoms with van der Waals surface area (Å²) in [7, 11) is -3.35. The van der Waals surface area contributed by atoms with Crippen molar-refractivity contribution in [3.63, 3.8) is 0 Å². The van der Waals surface area contributed by atoms with Crippen LogP contribution in [0.15, 0.2) is 11.0 Å². The fourth-order valence-electron chi connectivity index (χ4n) is 3.27. The van der Waals surface area contributed by atoms with Gasteiger partial charge in [-0.05, 0) is 25.8 Å². The van der Waals surface area contributed by atoms with Gasteiger partial charge in [0.25, 0.3) is 0 Å². The number of sulfone groups is 1. The number of rotatable bonds is 4. The van der Waals surface area contributed by atoms with Gasteiger partial charge in [0.05, 0.1) is 19.0 Å². The summed E-state index contributed by atoms with van der Waals surface area (Å²) in [6.07, 6.45) is 2.33. The van der Waals surface area contributed by atoms with Crippen molar-refractivity contribution >= 4 is 9.84 Å². The Balaban J connectivity index is 1.51. The van der Waals surface area contributed by atoms with Gasteiger partial charge in [0, 0.05) is 31.6 Å². The molecule has 1 saturated heterocycles. The van der Waals surface area contributed by atoms with Crippen molar-refractivity contribution in [1.82, 2.24) is 9.88 Å². The summed E-state index contributed by atoms with van der Waals surface area (Å²) in [4.78, 5) is 6.90. The summed E-state index contributed by atoms with van der Waals surface area (Å²) < 4.78 is 42.2. The third kappa shape index (κ3) is 3.61. The van der Waals surface area contributed by atoms with Crippen molar-refractivity contribution in [2.24, 2.45) is 0 Å². The van der Waals surface area contributed by atoms with E-state index in [0.717, 1.165) is 51.3 Å². The number of morpholine rings is 1. The van der Waals surface area contributed by atoms with Crippen LogP contribution in [0.5, 0.6) is 11.8 Å². The van der Waals surface area contributed by atoms with E-state index in [2.05, 4.69) is 9.88 Å². The predicted molar refractivity (Wildman–Crippen MR) is 91.0 cm³/mol. The minimum atomic E-state index is -3.35. The number of hydrogen-bond donors (Lipinski definition) is 0. The van der Waals surface area contributed by atoms with Gasteiger partial charge in [-0.1, -0.05) is 0 Å². The minimum absolute atomic E-state index is 0.123. The maximum atomic E-state index is 12.5. The summed E-state index contributed by atoms with van der Waals surface area (Å²) in [6.45, 7) is 6.45. The van der Waals surface area contributed by atoms with Gasteiger partial charge in [-0.2, -0.15) is 4.98 Å². The Morgan fingerprint density at radius 2 is 2.04 bits per heavy atom. The lowest BCUT2D eigenvalue weighted by Gasteiger charge is -2.26. The molecule has 0 unspecified atom stereocenters. The van der Waals surface area contributed by atoms with Gasteiger partial charge in [0.1, 0.15) is 17.1 Å². The maximum Gasteiger partial charge on any atom is 0.236 e. The van der Waals surface area contributed by atoms with Crippen LogP contribution < -0.4 is 9.47 Å². The zero-order valence-electron chi connectivity index (χ0n) is 14.5. The second-order valence-corrected chi connectivity index (χ2v) is 9.15. The summed E-state index contributed by atoms with van der Waals surface area (Å²) >= 11 is 0. The first-order chi connectivity index (χ1) is 12.0. The molecule has 0 bridgehead atoms. The highest BCUT2D eigenvalue weighted by Gasteiger charge is 2.49. The molecule has 7 nitrogen and oxygen atoms in total. The summed E-state index contributed by atoms with van der Waals surface area (Å²) in [5.74, 6) is 0.792. The maximum absolute atomic E-state index is 12.5. The number of pyridine rings is 1. The molecule has 0 N–H and O–H groups in total. The molecule has 0 amide bonds. The molecular weight excluding hydrogens is 344 g/mol. The Bertz CT molecular complexity index is 755. The molecule has 1 spiro atoms. The van der Waals surface area contributed by atoms with Crippen LogP contribution in [0.1, 0.15) is 24.8 Å². The molecule has 1 aromatic heterocycles. The predicted octanol–water partition coefficient (Wildman–Crippen LogP) is 1.19. The van der Waals surface area contributed by atoms with Gasteiger partial charge in [-0.25, -0.2) is 8.42 Å². The number of aryl methyl sites for hydroxylation is 1. The van der Waals surface area contributed by atoms with Crippen LogP contribution in [0.4, 0.5) is 0 Å². The molecule has 1 aliphatic carbocycles. The van der Waals surface area contributed by atoms with Crippen molar-refractivity contribution in [3.8, 4) is 11.8 Å². The van der Waals surface area contributed by atoms with Crippen molar-refractivity contribution in [3.05, 3.63) is 11.6 Å². The van der Waals surface area contributed by atoms with Crippen LogP contribution in [0.3, 0.4) is 0 Å². The van der Waals surface area contributed by atoms with E-state index < -0.39 is 9.84 Å². The third-order valence-corrected chi connectivity index (χ3v) is 6.84. The molecule has 8 heteroatoms. The minimum Gasteiger partial charge on any atom is -0.476 e. The van der Waals surface area contributed by atoms with E-state index in [1.54, 1.807) is 6.07 Å². The largest absolute Gasteiger partial charge is 0.476 e. The van der Waals surface area contributed by atoms with Crippen molar-refractivity contribution in [2.45, 2.75) is 36.7 Å². The highest BCUT2D eigenvalue weighted by atomic mass is 32.2. The Morgan fingerprint density at radius 1 is 1.28 bits per heavy atom. The number of ether oxygens (including phenoxy) is 3. The lowest BCUT2D eigenvalue weighted by molar-refractivity contribution is 0.0319. The molecule has 25 heavy (non-hydrogen) atoms. The topological polar surface area (TPSA) is 78.0 Å². The first kappa shape index (κ1) is 17.1. The van der Waals surface area contributed by atoms with E-state index in [0.29, 0.717) is 18.9 Å². The lowest BCUT2D eigenvalue weighted by atomic mass is 10.2. The van der Waals surface area contributed by atoms with E-state index in [4.69, 9.17) is 14.2 Å². The molecule has 1 saturated carbocycles. The molecule has 0 radical (unpaired) electrons. The van der Waals surface area contributed by atoms with Gasteiger partial charge in [0.2, 0.25) is 11.8 Å². The van der Waals surface area contributed by atoms with Crippen molar-refractivity contribution in [1.29, 1.82) is 0 Å². The molecular formula is C17H24N2O5S. The average Bonchev–Trinajstić information content (AvgIpc) is 3.37. The number of hydrogen-bond acceptors (Lipinski definition) is 7. The standard InChI is InChI=1S/C17H24N2O5S/c1-13-12-14-16(24-17(2-3-17)4-11-25(14,20)21)18-15(13)23-10-7-19-5-8-22-9-6-19/h12H,2-11H2,1H3. The van der Waals surface area contributed by atoms with Gasteiger partial charge in [-0.3, -0.25) is 4.90 Å². The smallest absolute Gasteiger partial charge is 0.236 e. The second kappa shape index (κ2) is 6.41. The highest BCUT2D eigenvalue weighted by Crippen LogP contribution is 2.47. The van der Waals surface area contributed by atoms with Crippen molar-refractivity contribution < 1.29 is 22.6 Å². The summed E-state index contributed by atoms with van der Waals surface area (Å²) in [6, 6.07) is 1.64. The molecule has 1 aromatic rings. The SMILES string of the molecule is Cc1cc2c(nc1OCCN1CCOCC1)OC1(CC1)CCS2(=O)=O. The molecule has 2 fully saturated rings. The molecule has 3 aliphatic rings.